The van der Waals surface area contributed by atoms with Gasteiger partial charge in [-0.1, -0.05) is 11.6 Å². The Morgan fingerprint density at radius 3 is 2.81 bits per heavy atom. The molecule has 7 heteroatoms. The summed E-state index contributed by atoms with van der Waals surface area (Å²) in [6.07, 6.45) is 3.13. The second-order valence-corrected chi connectivity index (χ2v) is 4.80. The first-order chi connectivity index (χ1) is 7.58. The molecule has 0 aliphatic carbocycles. The molecule has 0 fully saturated rings. The van der Waals surface area contributed by atoms with E-state index in [0.29, 0.717) is 15.8 Å². The van der Waals surface area contributed by atoms with Crippen LogP contribution in [-0.2, 0) is 7.05 Å². The zero-order chi connectivity index (χ0) is 11.7. The molecular formula is C9H9ClN4OS. The zero-order valence-electron chi connectivity index (χ0n) is 8.69. The van der Waals surface area contributed by atoms with Crippen molar-refractivity contribution in [3.05, 3.63) is 28.0 Å². The second-order valence-electron chi connectivity index (χ2n) is 3.20. The Bertz CT molecular complexity index is 533. The summed E-state index contributed by atoms with van der Waals surface area (Å²) in [6, 6.07) is 0. The molecule has 0 atom stereocenters. The summed E-state index contributed by atoms with van der Waals surface area (Å²) in [5.41, 5.74) is 0.344. The second kappa shape index (κ2) is 4.23. The van der Waals surface area contributed by atoms with E-state index in [1.807, 2.05) is 6.92 Å². The molecule has 2 heterocycles. The van der Waals surface area contributed by atoms with Crippen LogP contribution in [-0.4, -0.2) is 20.7 Å². The van der Waals surface area contributed by atoms with Crippen molar-refractivity contribution in [2.45, 2.75) is 6.92 Å². The van der Waals surface area contributed by atoms with E-state index in [1.165, 1.54) is 22.2 Å². The van der Waals surface area contributed by atoms with Gasteiger partial charge in [0, 0.05) is 18.1 Å². The average molecular weight is 257 g/mol. The summed E-state index contributed by atoms with van der Waals surface area (Å²) in [5.74, 6) is -0.299. The van der Waals surface area contributed by atoms with E-state index < -0.39 is 0 Å². The molecule has 1 amide bonds. The quantitative estimate of drug-likeness (QED) is 0.895. The van der Waals surface area contributed by atoms with Crippen molar-refractivity contribution < 1.29 is 4.79 Å². The number of halogens is 1. The SMILES string of the molecule is Cc1cnc(NC(=O)c2cnn(C)c2Cl)s1. The number of aryl methyl sites for hydroxylation is 2. The van der Waals surface area contributed by atoms with E-state index in [1.54, 1.807) is 13.2 Å². The lowest BCUT2D eigenvalue weighted by Gasteiger charge is -1.99. The molecule has 2 rings (SSSR count). The van der Waals surface area contributed by atoms with Gasteiger partial charge in [0.15, 0.2) is 5.13 Å². The molecule has 0 unspecified atom stereocenters. The van der Waals surface area contributed by atoms with Crippen LogP contribution in [0.2, 0.25) is 5.15 Å². The van der Waals surface area contributed by atoms with Crippen molar-refractivity contribution in [3.63, 3.8) is 0 Å². The number of amides is 1. The first kappa shape index (κ1) is 11.1. The molecule has 1 N–H and O–H groups in total. The topological polar surface area (TPSA) is 59.8 Å². The van der Waals surface area contributed by atoms with Crippen LogP contribution in [0.1, 0.15) is 15.2 Å². The Hall–Kier alpha value is -1.40. The smallest absolute Gasteiger partial charge is 0.262 e. The largest absolute Gasteiger partial charge is 0.298 e. The maximum Gasteiger partial charge on any atom is 0.262 e. The third-order valence-corrected chi connectivity index (χ3v) is 3.23. The van der Waals surface area contributed by atoms with Crippen LogP contribution >= 0.6 is 22.9 Å². The fourth-order valence-corrected chi connectivity index (χ4v) is 1.99. The van der Waals surface area contributed by atoms with Crippen LogP contribution in [0.3, 0.4) is 0 Å². The minimum atomic E-state index is -0.299. The number of rotatable bonds is 2. The summed E-state index contributed by atoms with van der Waals surface area (Å²) in [5, 5.41) is 7.42. The molecule has 0 aliphatic rings. The molecule has 0 aliphatic heterocycles. The van der Waals surface area contributed by atoms with Crippen LogP contribution in [0, 0.1) is 6.92 Å². The summed E-state index contributed by atoms with van der Waals surface area (Å²) in [4.78, 5) is 16.8. The molecule has 84 valence electrons. The zero-order valence-corrected chi connectivity index (χ0v) is 10.3. The van der Waals surface area contributed by atoms with Crippen molar-refractivity contribution >= 4 is 34.0 Å². The van der Waals surface area contributed by atoms with Crippen molar-refractivity contribution in [2.24, 2.45) is 7.05 Å². The fourth-order valence-electron chi connectivity index (χ4n) is 1.15. The molecule has 0 aromatic carbocycles. The molecule has 16 heavy (non-hydrogen) atoms. The maximum absolute atomic E-state index is 11.8. The van der Waals surface area contributed by atoms with Gasteiger partial charge in [-0.3, -0.25) is 14.8 Å². The molecular weight excluding hydrogens is 248 g/mol. The Morgan fingerprint density at radius 1 is 1.56 bits per heavy atom. The van der Waals surface area contributed by atoms with Crippen LogP contribution < -0.4 is 5.32 Å². The van der Waals surface area contributed by atoms with E-state index in [9.17, 15) is 4.79 Å². The summed E-state index contributed by atoms with van der Waals surface area (Å²) >= 11 is 7.31. The number of carbonyl (C=O) groups is 1. The third-order valence-electron chi connectivity index (χ3n) is 1.95. The number of hydrogen-bond donors (Lipinski definition) is 1. The average Bonchev–Trinajstić information content (AvgIpc) is 2.76. The molecule has 0 bridgehead atoms. The predicted octanol–water partition coefficient (Wildman–Crippen LogP) is 2.09. The van der Waals surface area contributed by atoms with Gasteiger partial charge in [0.2, 0.25) is 0 Å². The number of aromatic nitrogens is 3. The molecule has 0 spiro atoms. The van der Waals surface area contributed by atoms with Crippen molar-refractivity contribution in [1.82, 2.24) is 14.8 Å². The first-order valence-corrected chi connectivity index (χ1v) is 5.68. The van der Waals surface area contributed by atoms with Crippen LogP contribution in [0.4, 0.5) is 5.13 Å². The number of anilines is 1. The number of hydrogen-bond acceptors (Lipinski definition) is 4. The summed E-state index contributed by atoms with van der Waals surface area (Å²) in [6.45, 7) is 1.92. The number of carbonyl (C=O) groups excluding carboxylic acids is 1. The maximum atomic E-state index is 11.8. The predicted molar refractivity (Wildman–Crippen MR) is 63.0 cm³/mol. The van der Waals surface area contributed by atoms with Crippen LogP contribution in [0.25, 0.3) is 0 Å². The number of nitrogens with zero attached hydrogens (tertiary/aromatic N) is 3. The van der Waals surface area contributed by atoms with E-state index in [-0.39, 0.29) is 5.91 Å². The van der Waals surface area contributed by atoms with Crippen molar-refractivity contribution in [3.8, 4) is 0 Å². The highest BCUT2D eigenvalue weighted by atomic mass is 35.5. The van der Waals surface area contributed by atoms with E-state index in [2.05, 4.69) is 15.4 Å². The lowest BCUT2D eigenvalue weighted by atomic mass is 10.3. The number of thiazole rings is 1. The van der Waals surface area contributed by atoms with Crippen LogP contribution in [0.5, 0.6) is 0 Å². The fraction of sp³-hybridized carbons (Fsp3) is 0.222. The van der Waals surface area contributed by atoms with E-state index in [0.717, 1.165) is 4.88 Å². The van der Waals surface area contributed by atoms with Gasteiger partial charge in [-0.05, 0) is 6.92 Å². The lowest BCUT2D eigenvalue weighted by molar-refractivity contribution is 0.102. The molecule has 5 nitrogen and oxygen atoms in total. The monoisotopic (exact) mass is 256 g/mol. The van der Waals surface area contributed by atoms with Crippen molar-refractivity contribution in [1.29, 1.82) is 0 Å². The normalized spacial score (nSPS) is 10.4. The third kappa shape index (κ3) is 2.07. The van der Waals surface area contributed by atoms with Crippen LogP contribution in [0.15, 0.2) is 12.4 Å². The van der Waals surface area contributed by atoms with Gasteiger partial charge < -0.3 is 0 Å². The Balaban J connectivity index is 2.18. The van der Waals surface area contributed by atoms with Crippen molar-refractivity contribution in [2.75, 3.05) is 5.32 Å². The Kier molecular flexibility index (Phi) is 2.93. The number of nitrogens with one attached hydrogen (secondary N) is 1. The van der Waals surface area contributed by atoms with Gasteiger partial charge in [0.25, 0.3) is 5.91 Å². The summed E-state index contributed by atoms with van der Waals surface area (Å²) < 4.78 is 1.43. The molecule has 2 aromatic rings. The minimum absolute atomic E-state index is 0.299. The Morgan fingerprint density at radius 2 is 2.31 bits per heavy atom. The summed E-state index contributed by atoms with van der Waals surface area (Å²) in [7, 11) is 1.67. The highest BCUT2D eigenvalue weighted by Gasteiger charge is 2.15. The van der Waals surface area contributed by atoms with Gasteiger partial charge in [-0.25, -0.2) is 4.98 Å². The first-order valence-electron chi connectivity index (χ1n) is 4.49. The minimum Gasteiger partial charge on any atom is -0.298 e. The molecule has 0 radical (unpaired) electrons. The van der Waals surface area contributed by atoms with Gasteiger partial charge in [-0.15, -0.1) is 11.3 Å². The molecule has 2 aromatic heterocycles. The van der Waals surface area contributed by atoms with E-state index >= 15 is 0 Å². The highest BCUT2D eigenvalue weighted by molar-refractivity contribution is 7.15. The highest BCUT2D eigenvalue weighted by Crippen LogP contribution is 2.19. The molecule has 0 saturated heterocycles. The lowest BCUT2D eigenvalue weighted by Crippen LogP contribution is -2.11. The van der Waals surface area contributed by atoms with Gasteiger partial charge in [-0.2, -0.15) is 5.10 Å². The van der Waals surface area contributed by atoms with Gasteiger partial charge in [0.1, 0.15) is 5.15 Å². The van der Waals surface area contributed by atoms with Gasteiger partial charge in [0.05, 0.1) is 11.8 Å². The van der Waals surface area contributed by atoms with Gasteiger partial charge >= 0.3 is 0 Å². The standard InChI is InChI=1S/C9H9ClN4OS/c1-5-3-11-9(16-5)13-8(15)6-4-12-14(2)7(6)10/h3-4H,1-2H3,(H,11,13,15). The molecule has 0 saturated carbocycles. The Labute approximate surface area is 101 Å². The van der Waals surface area contributed by atoms with E-state index in [4.69, 9.17) is 11.6 Å².